The molecule has 0 aromatic heterocycles. The first-order valence-electron chi connectivity index (χ1n) is 4.64. The Kier molecular flexibility index (Phi) is 11.7. The van der Waals surface area contributed by atoms with E-state index >= 15 is 0 Å². The van der Waals surface area contributed by atoms with E-state index in [0.717, 1.165) is 13.0 Å². The quantitative estimate of drug-likeness (QED) is 0.383. The molecule has 0 bridgehead atoms. The zero-order valence-electron chi connectivity index (χ0n) is 8.58. The van der Waals surface area contributed by atoms with Crippen LogP contribution in [0.3, 0.4) is 0 Å². The maximum absolute atomic E-state index is 5.18. The molecule has 13 heavy (non-hydrogen) atoms. The largest absolute Gasteiger partial charge is 0.382 e. The summed E-state index contributed by atoms with van der Waals surface area (Å²) in [5.74, 6) is 0. The Morgan fingerprint density at radius 2 is 1.38 bits per heavy atom. The Morgan fingerprint density at radius 3 is 2.08 bits per heavy atom. The van der Waals surface area contributed by atoms with E-state index < -0.39 is 0 Å². The van der Waals surface area contributed by atoms with Crippen molar-refractivity contribution in [3.8, 4) is 0 Å². The van der Waals surface area contributed by atoms with Crippen molar-refractivity contribution < 1.29 is 18.9 Å². The number of rotatable bonds is 10. The van der Waals surface area contributed by atoms with Crippen molar-refractivity contribution in [2.24, 2.45) is 0 Å². The van der Waals surface area contributed by atoms with Crippen LogP contribution in [0, 0.1) is 0 Å². The molecule has 0 radical (unpaired) electrons. The summed E-state index contributed by atoms with van der Waals surface area (Å²) in [5.41, 5.74) is 0. The average molecular weight is 192 g/mol. The highest BCUT2D eigenvalue weighted by molar-refractivity contribution is 4.29. The van der Waals surface area contributed by atoms with Crippen molar-refractivity contribution in [2.45, 2.75) is 13.3 Å². The molecule has 4 nitrogen and oxygen atoms in total. The van der Waals surface area contributed by atoms with E-state index in [-0.39, 0.29) is 0 Å². The molecule has 0 fully saturated rings. The molecule has 80 valence electrons. The van der Waals surface area contributed by atoms with Crippen LogP contribution in [0.15, 0.2) is 0 Å². The fourth-order valence-corrected chi connectivity index (χ4v) is 0.683. The van der Waals surface area contributed by atoms with Gasteiger partial charge >= 0.3 is 0 Å². The highest BCUT2D eigenvalue weighted by Crippen LogP contribution is 1.83. The molecule has 0 saturated carbocycles. The first kappa shape index (κ1) is 12.8. The first-order valence-corrected chi connectivity index (χ1v) is 4.64. The van der Waals surface area contributed by atoms with Crippen molar-refractivity contribution in [1.29, 1.82) is 0 Å². The Morgan fingerprint density at radius 1 is 0.769 bits per heavy atom. The molecular weight excluding hydrogens is 172 g/mol. The van der Waals surface area contributed by atoms with E-state index in [4.69, 9.17) is 18.9 Å². The molecule has 0 atom stereocenters. The van der Waals surface area contributed by atoms with Crippen molar-refractivity contribution in [3.05, 3.63) is 0 Å². The summed E-state index contributed by atoms with van der Waals surface area (Å²) >= 11 is 0. The fraction of sp³-hybridized carbons (Fsp3) is 1.00. The van der Waals surface area contributed by atoms with Crippen molar-refractivity contribution in [3.63, 3.8) is 0 Å². The van der Waals surface area contributed by atoms with Crippen LogP contribution in [-0.4, -0.2) is 46.9 Å². The SMILES string of the molecule is CCCOCOCCOCCOC. The summed E-state index contributed by atoms with van der Waals surface area (Å²) < 4.78 is 20.2. The average Bonchev–Trinajstić information content (AvgIpc) is 2.16. The maximum atomic E-state index is 5.18. The van der Waals surface area contributed by atoms with Crippen molar-refractivity contribution in [1.82, 2.24) is 0 Å². The van der Waals surface area contributed by atoms with E-state index in [1.165, 1.54) is 0 Å². The third-order valence-corrected chi connectivity index (χ3v) is 1.32. The number of hydrogen-bond acceptors (Lipinski definition) is 4. The van der Waals surface area contributed by atoms with E-state index in [9.17, 15) is 0 Å². The normalized spacial score (nSPS) is 10.6. The lowest BCUT2D eigenvalue weighted by Gasteiger charge is -2.05. The van der Waals surface area contributed by atoms with Gasteiger partial charge in [-0.25, -0.2) is 0 Å². The van der Waals surface area contributed by atoms with E-state index in [0.29, 0.717) is 33.2 Å². The second-order valence-corrected chi connectivity index (χ2v) is 2.54. The Bertz CT molecular complexity index is 77.7. The highest BCUT2D eigenvalue weighted by atomic mass is 16.7. The minimum atomic E-state index is 0.363. The lowest BCUT2D eigenvalue weighted by atomic mass is 10.5. The fourth-order valence-electron chi connectivity index (χ4n) is 0.683. The van der Waals surface area contributed by atoms with Gasteiger partial charge in [0.2, 0.25) is 0 Å². The topological polar surface area (TPSA) is 36.9 Å². The number of hydrogen-bond donors (Lipinski definition) is 0. The van der Waals surface area contributed by atoms with Gasteiger partial charge in [-0.05, 0) is 6.42 Å². The van der Waals surface area contributed by atoms with E-state index in [1.807, 2.05) is 0 Å². The molecule has 4 heteroatoms. The molecular formula is C9H20O4. The van der Waals surface area contributed by atoms with Crippen LogP contribution < -0.4 is 0 Å². The predicted molar refractivity (Wildman–Crippen MR) is 49.8 cm³/mol. The Labute approximate surface area is 80.1 Å². The molecule has 0 heterocycles. The molecule has 0 aliphatic heterocycles. The van der Waals surface area contributed by atoms with Crippen LogP contribution in [0.25, 0.3) is 0 Å². The molecule has 0 spiro atoms. The van der Waals surface area contributed by atoms with Crippen LogP contribution in [0.1, 0.15) is 13.3 Å². The van der Waals surface area contributed by atoms with Gasteiger partial charge in [-0.15, -0.1) is 0 Å². The van der Waals surface area contributed by atoms with E-state index in [2.05, 4.69) is 6.92 Å². The van der Waals surface area contributed by atoms with Gasteiger partial charge in [-0.2, -0.15) is 0 Å². The molecule has 0 N–H and O–H groups in total. The predicted octanol–water partition coefficient (Wildman–Crippen LogP) is 1.05. The van der Waals surface area contributed by atoms with Crippen molar-refractivity contribution >= 4 is 0 Å². The van der Waals surface area contributed by atoms with Crippen molar-refractivity contribution in [2.75, 3.05) is 46.9 Å². The maximum Gasteiger partial charge on any atom is 0.146 e. The third-order valence-electron chi connectivity index (χ3n) is 1.32. The van der Waals surface area contributed by atoms with Gasteiger partial charge in [0, 0.05) is 13.7 Å². The summed E-state index contributed by atoms with van der Waals surface area (Å²) in [6.07, 6.45) is 1.02. The van der Waals surface area contributed by atoms with Gasteiger partial charge in [0.05, 0.1) is 26.4 Å². The number of ether oxygens (including phenoxy) is 4. The third kappa shape index (κ3) is 11.8. The Balaban J connectivity index is 2.76. The van der Waals surface area contributed by atoms with Gasteiger partial charge in [-0.3, -0.25) is 0 Å². The number of methoxy groups -OCH3 is 1. The van der Waals surface area contributed by atoms with E-state index in [1.54, 1.807) is 7.11 Å². The second-order valence-electron chi connectivity index (χ2n) is 2.54. The zero-order chi connectivity index (χ0) is 9.78. The minimum absolute atomic E-state index is 0.363. The van der Waals surface area contributed by atoms with Crippen LogP contribution >= 0.6 is 0 Å². The summed E-state index contributed by atoms with van der Waals surface area (Å²) in [7, 11) is 1.65. The second kappa shape index (κ2) is 11.8. The smallest absolute Gasteiger partial charge is 0.146 e. The van der Waals surface area contributed by atoms with Crippen LogP contribution in [0.4, 0.5) is 0 Å². The monoisotopic (exact) mass is 192 g/mol. The molecule has 0 aliphatic carbocycles. The molecule has 0 amide bonds. The highest BCUT2D eigenvalue weighted by Gasteiger charge is 1.89. The first-order chi connectivity index (χ1) is 6.41. The van der Waals surface area contributed by atoms with Gasteiger partial charge < -0.3 is 18.9 Å². The summed E-state index contributed by atoms with van der Waals surface area (Å²) in [6.45, 7) is 5.61. The van der Waals surface area contributed by atoms with Gasteiger partial charge in [-0.1, -0.05) is 6.92 Å². The van der Waals surface area contributed by atoms with Gasteiger partial charge in [0.15, 0.2) is 0 Å². The molecule has 0 aromatic rings. The molecule has 0 saturated heterocycles. The van der Waals surface area contributed by atoms with Crippen LogP contribution in [0.2, 0.25) is 0 Å². The molecule has 0 rings (SSSR count). The summed E-state index contributed by atoms with van der Waals surface area (Å²) in [6, 6.07) is 0. The zero-order valence-corrected chi connectivity index (χ0v) is 8.58. The lowest BCUT2D eigenvalue weighted by molar-refractivity contribution is -0.0712. The summed E-state index contributed by atoms with van der Waals surface area (Å²) in [5, 5.41) is 0. The van der Waals surface area contributed by atoms with Crippen LogP contribution in [-0.2, 0) is 18.9 Å². The molecule has 0 unspecified atom stereocenters. The molecule has 0 aliphatic rings. The Hall–Kier alpha value is -0.160. The lowest BCUT2D eigenvalue weighted by Crippen LogP contribution is -2.10. The van der Waals surface area contributed by atoms with Crippen LogP contribution in [0.5, 0.6) is 0 Å². The summed E-state index contributed by atoms with van der Waals surface area (Å²) in [4.78, 5) is 0. The molecule has 0 aromatic carbocycles. The van der Waals surface area contributed by atoms with Gasteiger partial charge in [0.25, 0.3) is 0 Å². The standard InChI is InChI=1S/C9H20O4/c1-3-4-12-9-13-8-7-11-6-5-10-2/h3-9H2,1-2H3. The van der Waals surface area contributed by atoms with Gasteiger partial charge in [0.1, 0.15) is 6.79 Å². The minimum Gasteiger partial charge on any atom is -0.382 e.